The van der Waals surface area contributed by atoms with Gasteiger partial charge in [-0.05, 0) is 24.8 Å². The summed E-state index contributed by atoms with van der Waals surface area (Å²) in [6.45, 7) is 0. The van der Waals surface area contributed by atoms with Gasteiger partial charge < -0.3 is 9.47 Å². The van der Waals surface area contributed by atoms with E-state index in [1.165, 1.54) is 19.8 Å². The Morgan fingerprint density at radius 3 is 2.37 bits per heavy atom. The van der Waals surface area contributed by atoms with Gasteiger partial charge in [-0.25, -0.2) is 0 Å². The number of aryl methyl sites for hydroxylation is 1. The number of hydrogen-bond acceptors (Lipinski definition) is 4. The van der Waals surface area contributed by atoms with E-state index in [1.807, 2.05) is 30.3 Å². The van der Waals surface area contributed by atoms with Crippen molar-refractivity contribution in [2.24, 2.45) is 5.92 Å². The van der Waals surface area contributed by atoms with Crippen LogP contribution in [0.5, 0.6) is 0 Å². The zero-order valence-corrected chi connectivity index (χ0v) is 11.4. The van der Waals surface area contributed by atoms with Crippen LogP contribution in [-0.4, -0.2) is 26.2 Å². The van der Waals surface area contributed by atoms with Crippen molar-refractivity contribution in [3.8, 4) is 0 Å². The molecule has 4 nitrogen and oxygen atoms in total. The second-order valence-electron chi connectivity index (χ2n) is 4.38. The van der Waals surface area contributed by atoms with Crippen LogP contribution >= 0.6 is 0 Å². The average molecular weight is 264 g/mol. The molecule has 0 N–H and O–H groups in total. The van der Waals surface area contributed by atoms with Gasteiger partial charge in [0.05, 0.1) is 26.6 Å². The second kappa shape index (κ2) is 8.29. The van der Waals surface area contributed by atoms with Gasteiger partial charge in [0.2, 0.25) is 0 Å². The molecule has 0 aliphatic heterocycles. The number of benzene rings is 1. The average Bonchev–Trinajstić information content (AvgIpc) is 2.46. The number of carbonyl (C=O) groups is 2. The SMILES string of the molecule is COC(=O)CC(CCCc1ccccc1)C(=O)OC. The van der Waals surface area contributed by atoms with Crippen LogP contribution in [0, 0.1) is 5.92 Å². The lowest BCUT2D eigenvalue weighted by atomic mass is 9.97. The molecule has 0 saturated heterocycles. The predicted octanol–water partition coefficient (Wildman–Crippen LogP) is 2.36. The highest BCUT2D eigenvalue weighted by atomic mass is 16.5. The van der Waals surface area contributed by atoms with E-state index in [0.717, 1.165) is 12.8 Å². The number of esters is 2. The largest absolute Gasteiger partial charge is 0.469 e. The normalized spacial score (nSPS) is 11.7. The van der Waals surface area contributed by atoms with Gasteiger partial charge in [-0.2, -0.15) is 0 Å². The molecule has 104 valence electrons. The van der Waals surface area contributed by atoms with Crippen molar-refractivity contribution in [2.75, 3.05) is 14.2 Å². The van der Waals surface area contributed by atoms with Crippen molar-refractivity contribution in [3.05, 3.63) is 35.9 Å². The molecule has 1 rings (SSSR count). The first-order valence-corrected chi connectivity index (χ1v) is 6.36. The lowest BCUT2D eigenvalue weighted by Gasteiger charge is -2.13. The van der Waals surface area contributed by atoms with Crippen LogP contribution in [0.15, 0.2) is 30.3 Å². The Balaban J connectivity index is 2.44. The standard InChI is InChI=1S/C15H20O4/c1-18-14(16)11-13(15(17)19-2)10-6-9-12-7-4-3-5-8-12/h3-5,7-8,13H,6,9-11H2,1-2H3. The van der Waals surface area contributed by atoms with Crippen LogP contribution in [0.1, 0.15) is 24.8 Å². The molecule has 0 heterocycles. The van der Waals surface area contributed by atoms with Gasteiger partial charge in [-0.1, -0.05) is 30.3 Å². The topological polar surface area (TPSA) is 52.6 Å². The summed E-state index contributed by atoms with van der Waals surface area (Å²) in [6.07, 6.45) is 2.42. The van der Waals surface area contributed by atoms with Gasteiger partial charge in [0.1, 0.15) is 0 Å². The van der Waals surface area contributed by atoms with Crippen LogP contribution in [0.4, 0.5) is 0 Å². The highest BCUT2D eigenvalue weighted by Gasteiger charge is 2.22. The number of rotatable bonds is 7. The first kappa shape index (κ1) is 15.2. The van der Waals surface area contributed by atoms with Crippen molar-refractivity contribution in [2.45, 2.75) is 25.7 Å². The lowest BCUT2D eigenvalue weighted by Crippen LogP contribution is -2.20. The molecule has 1 unspecified atom stereocenters. The summed E-state index contributed by atoms with van der Waals surface area (Å²) >= 11 is 0. The Morgan fingerprint density at radius 1 is 1.11 bits per heavy atom. The Bertz CT molecular complexity index is 400. The van der Waals surface area contributed by atoms with E-state index in [-0.39, 0.29) is 18.4 Å². The number of hydrogen-bond donors (Lipinski definition) is 0. The third kappa shape index (κ3) is 5.55. The summed E-state index contributed by atoms with van der Waals surface area (Å²) in [5.74, 6) is -1.14. The molecule has 0 radical (unpaired) electrons. The lowest BCUT2D eigenvalue weighted by molar-refractivity contribution is -0.152. The molecule has 0 aromatic heterocycles. The van der Waals surface area contributed by atoms with Gasteiger partial charge >= 0.3 is 11.9 Å². The summed E-state index contributed by atoms with van der Waals surface area (Å²) in [7, 11) is 2.66. The number of carbonyl (C=O) groups excluding carboxylic acids is 2. The summed E-state index contributed by atoms with van der Waals surface area (Å²) in [4.78, 5) is 22.8. The van der Waals surface area contributed by atoms with Crippen molar-refractivity contribution in [3.63, 3.8) is 0 Å². The van der Waals surface area contributed by atoms with E-state index in [2.05, 4.69) is 4.74 Å². The quantitative estimate of drug-likeness (QED) is 0.709. The van der Waals surface area contributed by atoms with Gasteiger partial charge in [0, 0.05) is 0 Å². The molecule has 4 heteroatoms. The third-order valence-electron chi connectivity index (χ3n) is 3.04. The van der Waals surface area contributed by atoms with Crippen molar-refractivity contribution in [1.82, 2.24) is 0 Å². The summed E-state index contributed by atoms with van der Waals surface area (Å²) in [6, 6.07) is 10.0. The molecule has 0 spiro atoms. The zero-order valence-electron chi connectivity index (χ0n) is 11.4. The van der Waals surface area contributed by atoms with Crippen molar-refractivity contribution < 1.29 is 19.1 Å². The maximum atomic E-state index is 11.6. The van der Waals surface area contributed by atoms with Crippen molar-refractivity contribution in [1.29, 1.82) is 0 Å². The highest BCUT2D eigenvalue weighted by Crippen LogP contribution is 2.16. The maximum Gasteiger partial charge on any atom is 0.309 e. The molecule has 0 saturated carbocycles. The molecule has 19 heavy (non-hydrogen) atoms. The Morgan fingerprint density at radius 2 is 1.79 bits per heavy atom. The van der Waals surface area contributed by atoms with E-state index in [9.17, 15) is 9.59 Å². The Hall–Kier alpha value is -1.84. The van der Waals surface area contributed by atoms with Crippen LogP contribution in [0.25, 0.3) is 0 Å². The Labute approximate surface area is 113 Å². The molecule has 1 aromatic rings. The minimum atomic E-state index is -0.416. The van der Waals surface area contributed by atoms with Gasteiger partial charge in [-0.15, -0.1) is 0 Å². The first-order chi connectivity index (χ1) is 9.17. The first-order valence-electron chi connectivity index (χ1n) is 6.36. The fraction of sp³-hybridized carbons (Fsp3) is 0.467. The molecule has 0 aliphatic rings. The summed E-state index contributed by atoms with van der Waals surface area (Å²) < 4.78 is 9.31. The predicted molar refractivity (Wildman–Crippen MR) is 71.5 cm³/mol. The molecule has 0 aliphatic carbocycles. The van der Waals surface area contributed by atoms with Crippen molar-refractivity contribution >= 4 is 11.9 Å². The minimum Gasteiger partial charge on any atom is -0.469 e. The van der Waals surface area contributed by atoms with Gasteiger partial charge in [0.15, 0.2) is 0 Å². The Kier molecular flexibility index (Phi) is 6.64. The maximum absolute atomic E-state index is 11.6. The number of methoxy groups -OCH3 is 2. The van der Waals surface area contributed by atoms with E-state index in [4.69, 9.17) is 4.74 Å². The molecule has 0 fully saturated rings. The fourth-order valence-electron chi connectivity index (χ4n) is 1.95. The van der Waals surface area contributed by atoms with Crippen LogP contribution < -0.4 is 0 Å². The third-order valence-corrected chi connectivity index (χ3v) is 3.04. The van der Waals surface area contributed by atoms with E-state index < -0.39 is 5.92 Å². The van der Waals surface area contributed by atoms with E-state index in [1.54, 1.807) is 0 Å². The number of ether oxygens (including phenoxy) is 2. The molecule has 1 atom stereocenters. The minimum absolute atomic E-state index is 0.0813. The second-order valence-corrected chi connectivity index (χ2v) is 4.38. The summed E-state index contributed by atoms with van der Waals surface area (Å²) in [5.41, 5.74) is 1.23. The monoisotopic (exact) mass is 264 g/mol. The summed E-state index contributed by atoms with van der Waals surface area (Å²) in [5, 5.41) is 0. The van der Waals surface area contributed by atoms with Gasteiger partial charge in [-0.3, -0.25) is 9.59 Å². The van der Waals surface area contributed by atoms with Crippen LogP contribution in [0.2, 0.25) is 0 Å². The van der Waals surface area contributed by atoms with E-state index in [0.29, 0.717) is 6.42 Å². The van der Waals surface area contributed by atoms with E-state index >= 15 is 0 Å². The van der Waals surface area contributed by atoms with Crippen LogP contribution in [0.3, 0.4) is 0 Å². The highest BCUT2D eigenvalue weighted by molar-refractivity contribution is 5.79. The molecular weight excluding hydrogens is 244 g/mol. The molecule has 1 aromatic carbocycles. The van der Waals surface area contributed by atoms with Gasteiger partial charge in [0.25, 0.3) is 0 Å². The van der Waals surface area contributed by atoms with Crippen LogP contribution in [-0.2, 0) is 25.5 Å². The fourth-order valence-corrected chi connectivity index (χ4v) is 1.95. The smallest absolute Gasteiger partial charge is 0.309 e. The molecule has 0 bridgehead atoms. The molecular formula is C15H20O4. The molecule has 0 amide bonds. The zero-order chi connectivity index (χ0) is 14.1.